The minimum atomic E-state index is -1.00. The van der Waals surface area contributed by atoms with E-state index in [2.05, 4.69) is 9.97 Å². The molecule has 6 nitrogen and oxygen atoms in total. The van der Waals surface area contributed by atoms with Crippen LogP contribution in [0.2, 0.25) is 0 Å². The Labute approximate surface area is 134 Å². The summed E-state index contributed by atoms with van der Waals surface area (Å²) in [6, 6.07) is 3.81. The number of carboxylic acids is 1. The molecule has 1 aliphatic carbocycles. The molecule has 0 radical (unpaired) electrons. The van der Waals surface area contributed by atoms with E-state index in [0.717, 1.165) is 12.8 Å². The highest BCUT2D eigenvalue weighted by atomic mass is 16.4. The Morgan fingerprint density at radius 3 is 2.70 bits per heavy atom. The van der Waals surface area contributed by atoms with E-state index in [1.54, 1.807) is 30.7 Å². The molecule has 0 aromatic carbocycles. The van der Waals surface area contributed by atoms with E-state index in [9.17, 15) is 9.90 Å². The number of rotatable bonds is 4. The van der Waals surface area contributed by atoms with Crippen LogP contribution in [-0.2, 0) is 4.79 Å². The zero-order valence-electron chi connectivity index (χ0n) is 12.9. The predicted octanol–water partition coefficient (Wildman–Crippen LogP) is 2.99. The van der Waals surface area contributed by atoms with Gasteiger partial charge in [-0.1, -0.05) is 19.3 Å². The van der Waals surface area contributed by atoms with E-state index in [0.29, 0.717) is 23.1 Å². The van der Waals surface area contributed by atoms with Crippen molar-refractivity contribution in [2.75, 3.05) is 5.73 Å². The predicted molar refractivity (Wildman–Crippen MR) is 88.5 cm³/mol. The molecule has 6 heteroatoms. The van der Waals surface area contributed by atoms with E-state index in [-0.39, 0.29) is 5.57 Å². The topological polar surface area (TPSA) is 94.0 Å². The fourth-order valence-corrected chi connectivity index (χ4v) is 2.97. The van der Waals surface area contributed by atoms with Gasteiger partial charge in [-0.3, -0.25) is 0 Å². The van der Waals surface area contributed by atoms with Crippen LogP contribution in [0.1, 0.15) is 49.4 Å². The summed E-state index contributed by atoms with van der Waals surface area (Å²) in [6.45, 7) is 0. The third-order valence-electron chi connectivity index (χ3n) is 4.22. The van der Waals surface area contributed by atoms with Crippen LogP contribution in [0.25, 0.3) is 11.6 Å². The van der Waals surface area contributed by atoms with Gasteiger partial charge in [0.25, 0.3) is 0 Å². The van der Waals surface area contributed by atoms with Gasteiger partial charge in [0.2, 0.25) is 0 Å². The Kier molecular flexibility index (Phi) is 4.41. The molecule has 1 saturated carbocycles. The van der Waals surface area contributed by atoms with Crippen LogP contribution in [0.4, 0.5) is 5.82 Å². The molecule has 0 spiro atoms. The molecular formula is C17H20N4O2. The van der Waals surface area contributed by atoms with Crippen molar-refractivity contribution < 1.29 is 9.90 Å². The number of nitrogens with zero attached hydrogens (tertiary/aromatic N) is 3. The molecule has 3 N–H and O–H groups in total. The highest BCUT2D eigenvalue weighted by Gasteiger charge is 2.18. The Hall–Kier alpha value is -2.63. The lowest BCUT2D eigenvalue weighted by Gasteiger charge is -2.22. The van der Waals surface area contributed by atoms with Crippen LogP contribution in [0, 0.1) is 0 Å². The molecule has 0 atom stereocenters. The van der Waals surface area contributed by atoms with Gasteiger partial charge in [0.15, 0.2) is 0 Å². The Balaban J connectivity index is 1.88. The summed E-state index contributed by atoms with van der Waals surface area (Å²) in [5, 5.41) is 9.50. The first kappa shape index (κ1) is 15.3. The first-order valence-corrected chi connectivity index (χ1v) is 7.84. The van der Waals surface area contributed by atoms with Gasteiger partial charge in [0, 0.05) is 18.4 Å². The van der Waals surface area contributed by atoms with Crippen LogP contribution in [0.5, 0.6) is 0 Å². The summed E-state index contributed by atoms with van der Waals surface area (Å²) in [4.78, 5) is 19.9. The molecule has 2 aromatic rings. The van der Waals surface area contributed by atoms with E-state index < -0.39 is 5.97 Å². The molecule has 0 amide bonds. The molecule has 2 heterocycles. The van der Waals surface area contributed by atoms with Gasteiger partial charge in [0.1, 0.15) is 5.82 Å². The second kappa shape index (κ2) is 6.64. The second-order valence-electron chi connectivity index (χ2n) is 5.88. The van der Waals surface area contributed by atoms with Crippen molar-refractivity contribution in [1.82, 2.24) is 14.5 Å². The zero-order chi connectivity index (χ0) is 16.2. The molecule has 120 valence electrons. The van der Waals surface area contributed by atoms with Gasteiger partial charge in [-0.15, -0.1) is 0 Å². The fraction of sp³-hybridized carbons (Fsp3) is 0.353. The van der Waals surface area contributed by atoms with Gasteiger partial charge >= 0.3 is 5.97 Å². The second-order valence-corrected chi connectivity index (χ2v) is 5.88. The number of carboxylic acid groups (broad SMARTS) is 1. The molecular weight excluding hydrogens is 292 g/mol. The fourth-order valence-electron chi connectivity index (χ4n) is 2.97. The zero-order valence-corrected chi connectivity index (χ0v) is 12.9. The third kappa shape index (κ3) is 3.59. The Morgan fingerprint density at radius 2 is 2.04 bits per heavy atom. The van der Waals surface area contributed by atoms with Crippen molar-refractivity contribution in [3.05, 3.63) is 42.1 Å². The highest BCUT2D eigenvalue weighted by Crippen LogP contribution is 2.29. The standard InChI is InChI=1S/C17H20N4O2/c18-16-7-6-12(9-19-16)8-14(17(22)23)15-10-21(11-20-15)13-4-2-1-3-5-13/h6-11,13H,1-5H2,(H2,18,19)(H,22,23)/b14-8+. The number of nitrogen functional groups attached to an aromatic ring is 1. The first-order valence-electron chi connectivity index (χ1n) is 7.84. The normalized spacial score (nSPS) is 16.4. The number of carbonyl (C=O) groups is 1. The lowest BCUT2D eigenvalue weighted by Crippen LogP contribution is -2.10. The van der Waals surface area contributed by atoms with Crippen LogP contribution in [0.15, 0.2) is 30.9 Å². The Bertz CT molecular complexity index is 712. The third-order valence-corrected chi connectivity index (χ3v) is 4.22. The summed E-state index contributed by atoms with van der Waals surface area (Å²) < 4.78 is 2.05. The van der Waals surface area contributed by atoms with Crippen molar-refractivity contribution in [1.29, 1.82) is 0 Å². The van der Waals surface area contributed by atoms with Crippen molar-refractivity contribution in [3.8, 4) is 0 Å². The number of hydrogen-bond donors (Lipinski definition) is 2. The first-order chi connectivity index (χ1) is 11.1. The molecule has 0 aliphatic heterocycles. The molecule has 1 aliphatic rings. The van der Waals surface area contributed by atoms with Crippen LogP contribution >= 0.6 is 0 Å². The summed E-state index contributed by atoms with van der Waals surface area (Å²) in [7, 11) is 0. The van der Waals surface area contributed by atoms with Crippen LogP contribution in [0.3, 0.4) is 0 Å². The minimum Gasteiger partial charge on any atom is -0.478 e. The maximum atomic E-state index is 11.6. The number of pyridine rings is 1. The van der Waals surface area contributed by atoms with Gasteiger partial charge in [-0.25, -0.2) is 14.8 Å². The molecule has 23 heavy (non-hydrogen) atoms. The smallest absolute Gasteiger partial charge is 0.337 e. The average molecular weight is 312 g/mol. The van der Waals surface area contributed by atoms with Crippen molar-refractivity contribution >= 4 is 23.4 Å². The summed E-state index contributed by atoms with van der Waals surface area (Å²) in [5.41, 5.74) is 6.87. The van der Waals surface area contributed by atoms with Gasteiger partial charge in [-0.2, -0.15) is 0 Å². The highest BCUT2D eigenvalue weighted by molar-refractivity contribution is 6.19. The van der Waals surface area contributed by atoms with Crippen LogP contribution in [-0.4, -0.2) is 25.6 Å². The quantitative estimate of drug-likeness (QED) is 0.846. The van der Waals surface area contributed by atoms with E-state index in [4.69, 9.17) is 5.73 Å². The SMILES string of the molecule is Nc1ccc(/C=C(/C(=O)O)c2cn(C3CCCCC3)cn2)cn1. The Morgan fingerprint density at radius 1 is 1.26 bits per heavy atom. The van der Waals surface area contributed by atoms with E-state index in [1.165, 1.54) is 19.3 Å². The number of aliphatic carboxylic acids is 1. The lowest BCUT2D eigenvalue weighted by atomic mass is 9.95. The summed E-state index contributed by atoms with van der Waals surface area (Å²) >= 11 is 0. The molecule has 0 saturated heterocycles. The molecule has 3 rings (SSSR count). The van der Waals surface area contributed by atoms with Crippen molar-refractivity contribution in [2.45, 2.75) is 38.1 Å². The lowest BCUT2D eigenvalue weighted by molar-refractivity contribution is -0.130. The van der Waals surface area contributed by atoms with Gasteiger partial charge in [0.05, 0.1) is 17.6 Å². The molecule has 1 fully saturated rings. The van der Waals surface area contributed by atoms with Crippen LogP contribution < -0.4 is 5.73 Å². The number of imidazole rings is 1. The van der Waals surface area contributed by atoms with E-state index >= 15 is 0 Å². The monoisotopic (exact) mass is 312 g/mol. The van der Waals surface area contributed by atoms with E-state index in [1.807, 2.05) is 10.8 Å². The number of nitrogens with two attached hydrogens (primary N) is 1. The average Bonchev–Trinajstić information content (AvgIpc) is 3.04. The molecule has 2 aromatic heterocycles. The van der Waals surface area contributed by atoms with Gasteiger partial charge in [-0.05, 0) is 36.6 Å². The summed E-state index contributed by atoms with van der Waals surface area (Å²) in [5.74, 6) is -0.601. The van der Waals surface area contributed by atoms with Gasteiger partial charge < -0.3 is 15.4 Å². The van der Waals surface area contributed by atoms with Crippen molar-refractivity contribution in [2.24, 2.45) is 0 Å². The number of aromatic nitrogens is 3. The molecule has 0 unspecified atom stereocenters. The summed E-state index contributed by atoms with van der Waals surface area (Å²) in [6.07, 6.45) is 12.7. The largest absolute Gasteiger partial charge is 0.478 e. The minimum absolute atomic E-state index is 0.158. The number of anilines is 1. The maximum Gasteiger partial charge on any atom is 0.337 e. The number of hydrogen-bond acceptors (Lipinski definition) is 4. The maximum absolute atomic E-state index is 11.6. The molecule has 0 bridgehead atoms. The van der Waals surface area contributed by atoms with Crippen molar-refractivity contribution in [3.63, 3.8) is 0 Å².